The second-order valence-electron chi connectivity index (χ2n) is 10.1. The number of aromatic nitrogens is 2. The van der Waals surface area contributed by atoms with Crippen LogP contribution in [0.3, 0.4) is 0 Å². The van der Waals surface area contributed by atoms with Crippen LogP contribution in [0.1, 0.15) is 55.5 Å². The molecule has 9 heteroatoms. The van der Waals surface area contributed by atoms with Crippen LogP contribution in [0.25, 0.3) is 28.0 Å². The molecule has 208 valence electrons. The van der Waals surface area contributed by atoms with Gasteiger partial charge in [-0.2, -0.15) is 0 Å². The number of fused-ring (bicyclic) bond motifs is 1. The quantitative estimate of drug-likeness (QED) is 0.225. The van der Waals surface area contributed by atoms with Gasteiger partial charge in [0.1, 0.15) is 11.6 Å². The minimum Gasteiger partial charge on any atom is -0.507 e. The van der Waals surface area contributed by atoms with Crippen molar-refractivity contribution in [3.63, 3.8) is 0 Å². The Morgan fingerprint density at radius 2 is 1.95 bits per heavy atom. The molecule has 2 heterocycles. The van der Waals surface area contributed by atoms with Gasteiger partial charge in [-0.25, -0.2) is 9.98 Å². The predicted molar refractivity (Wildman–Crippen MR) is 157 cm³/mol. The fraction of sp³-hybridized carbons (Fsp3) is 0.433. The highest BCUT2D eigenvalue weighted by Gasteiger charge is 2.32. The molecule has 9 nitrogen and oxygen atoms in total. The van der Waals surface area contributed by atoms with Crippen molar-refractivity contribution < 1.29 is 14.6 Å². The summed E-state index contributed by atoms with van der Waals surface area (Å²) < 4.78 is 5.55. The minimum atomic E-state index is -0.121. The maximum absolute atomic E-state index is 13.1. The summed E-state index contributed by atoms with van der Waals surface area (Å²) in [6.45, 7) is 6.64. The lowest BCUT2D eigenvalue weighted by atomic mass is 9.87. The summed E-state index contributed by atoms with van der Waals surface area (Å²) in [5.74, 6) is 1.06. The van der Waals surface area contributed by atoms with Crippen LogP contribution >= 0.6 is 0 Å². The van der Waals surface area contributed by atoms with E-state index in [9.17, 15) is 9.90 Å². The number of aromatic hydroxyl groups is 1. The number of methoxy groups -OCH3 is 1. The first-order valence-electron chi connectivity index (χ1n) is 13.6. The number of aliphatic imine (C=N–C) groups is 1. The second-order valence-corrected chi connectivity index (χ2v) is 10.1. The first-order valence-corrected chi connectivity index (χ1v) is 13.6. The van der Waals surface area contributed by atoms with Crippen LogP contribution in [0.4, 0.5) is 0 Å². The SMILES string of the molecule is CC/C=N\C(OC)=C(/CC)c1ccc(O)c(-c2nc3ccc(C(=O)NCC4(NC)CCN(C)CC4)cc3[nH]2)c1. The van der Waals surface area contributed by atoms with Crippen molar-refractivity contribution in [3.05, 3.63) is 53.4 Å². The van der Waals surface area contributed by atoms with Crippen LogP contribution in [0.5, 0.6) is 5.75 Å². The molecule has 3 aromatic rings. The predicted octanol–water partition coefficient (Wildman–Crippen LogP) is 4.55. The molecular formula is C30H40N6O3. The van der Waals surface area contributed by atoms with Crippen molar-refractivity contribution in [1.82, 2.24) is 25.5 Å². The Hall–Kier alpha value is -3.69. The molecule has 0 bridgehead atoms. The molecule has 1 aliphatic rings. The van der Waals surface area contributed by atoms with Crippen molar-refractivity contribution in [2.45, 2.75) is 45.1 Å². The summed E-state index contributed by atoms with van der Waals surface area (Å²) in [7, 11) is 5.70. The highest BCUT2D eigenvalue weighted by atomic mass is 16.5. The summed E-state index contributed by atoms with van der Waals surface area (Å²) in [6.07, 6.45) is 5.29. The largest absolute Gasteiger partial charge is 0.507 e. The third-order valence-electron chi connectivity index (χ3n) is 7.60. The molecule has 1 aliphatic heterocycles. The number of nitrogens with one attached hydrogen (secondary N) is 3. The van der Waals surface area contributed by atoms with E-state index in [1.807, 2.05) is 51.4 Å². The number of piperidine rings is 1. The number of aromatic amines is 1. The molecule has 1 amide bonds. The highest BCUT2D eigenvalue weighted by molar-refractivity contribution is 5.97. The van der Waals surface area contributed by atoms with Crippen molar-refractivity contribution in [2.24, 2.45) is 4.99 Å². The maximum atomic E-state index is 13.1. The number of nitrogens with zero attached hydrogens (tertiary/aromatic N) is 3. The van der Waals surface area contributed by atoms with Crippen LogP contribution in [-0.4, -0.2) is 78.5 Å². The number of amides is 1. The van der Waals surface area contributed by atoms with Crippen molar-refractivity contribution >= 4 is 28.7 Å². The molecule has 1 aromatic heterocycles. The number of likely N-dealkylation sites (N-methyl/N-ethyl adjacent to an activating group) is 1. The summed E-state index contributed by atoms with van der Waals surface area (Å²) in [6, 6.07) is 10.8. The van der Waals surface area contributed by atoms with E-state index in [0.717, 1.165) is 49.0 Å². The third kappa shape index (κ3) is 6.32. The number of hydrogen-bond donors (Lipinski definition) is 4. The van der Waals surface area contributed by atoms with Crippen LogP contribution in [0.15, 0.2) is 47.3 Å². The number of imidazole rings is 1. The van der Waals surface area contributed by atoms with E-state index >= 15 is 0 Å². The lowest BCUT2D eigenvalue weighted by Gasteiger charge is -2.40. The number of allylic oxidation sites excluding steroid dienone is 1. The Bertz CT molecular complexity index is 1370. The molecule has 1 fully saturated rings. The Labute approximate surface area is 230 Å². The zero-order chi connectivity index (χ0) is 28.0. The Morgan fingerprint density at radius 1 is 1.21 bits per heavy atom. The molecule has 0 radical (unpaired) electrons. The summed E-state index contributed by atoms with van der Waals surface area (Å²) >= 11 is 0. The summed E-state index contributed by atoms with van der Waals surface area (Å²) in [4.78, 5) is 27.8. The fourth-order valence-corrected chi connectivity index (χ4v) is 5.01. The van der Waals surface area contributed by atoms with Crippen LogP contribution < -0.4 is 10.6 Å². The van der Waals surface area contributed by atoms with Crippen molar-refractivity contribution in [1.29, 1.82) is 0 Å². The van der Waals surface area contributed by atoms with Gasteiger partial charge in [-0.05, 0) is 88.8 Å². The average Bonchev–Trinajstić information content (AvgIpc) is 3.39. The molecule has 0 aliphatic carbocycles. The van der Waals surface area contributed by atoms with E-state index in [4.69, 9.17) is 9.72 Å². The number of phenols is 1. The maximum Gasteiger partial charge on any atom is 0.251 e. The number of carbonyl (C=O) groups excluding carboxylic acids is 1. The van der Waals surface area contributed by atoms with Crippen LogP contribution in [-0.2, 0) is 4.74 Å². The van der Waals surface area contributed by atoms with Gasteiger partial charge in [0.05, 0.1) is 23.7 Å². The van der Waals surface area contributed by atoms with E-state index in [2.05, 4.69) is 32.6 Å². The van der Waals surface area contributed by atoms with Crippen molar-refractivity contribution in [3.8, 4) is 17.1 Å². The van der Waals surface area contributed by atoms with Gasteiger partial charge < -0.3 is 30.4 Å². The first kappa shape index (κ1) is 28.3. The lowest BCUT2D eigenvalue weighted by molar-refractivity contribution is 0.0917. The minimum absolute atomic E-state index is 0.0910. The van der Waals surface area contributed by atoms with Gasteiger partial charge in [-0.1, -0.05) is 19.9 Å². The van der Waals surface area contributed by atoms with Gasteiger partial charge in [-0.3, -0.25) is 4.79 Å². The van der Waals surface area contributed by atoms with E-state index in [1.165, 1.54) is 0 Å². The Kier molecular flexibility index (Phi) is 9.04. The number of likely N-dealkylation sites (tertiary alicyclic amines) is 1. The zero-order valence-electron chi connectivity index (χ0n) is 23.6. The summed E-state index contributed by atoms with van der Waals surface area (Å²) in [5, 5.41) is 17.3. The standard InChI is InChI=1S/C30H40N6O3/c1-6-14-32-29(39-5)22(7-2)20-9-11-26(37)23(17-20)27-34-24-10-8-21(18-25(24)35-27)28(38)33-19-30(31-3)12-15-36(4)16-13-30/h8-11,14,17-18,31,37H,6-7,12-13,15-16,19H2,1-5H3,(H,33,38)(H,34,35)/b29-22-,32-14-. The molecule has 4 rings (SSSR count). The van der Waals surface area contributed by atoms with E-state index in [-0.39, 0.29) is 17.2 Å². The molecule has 1 saturated heterocycles. The lowest BCUT2D eigenvalue weighted by Crippen LogP contribution is -2.57. The van der Waals surface area contributed by atoms with Gasteiger partial charge >= 0.3 is 0 Å². The van der Waals surface area contributed by atoms with Gasteiger partial charge in [-0.15, -0.1) is 0 Å². The third-order valence-corrected chi connectivity index (χ3v) is 7.60. The fourth-order valence-electron chi connectivity index (χ4n) is 5.01. The number of hydrogen-bond acceptors (Lipinski definition) is 7. The van der Waals surface area contributed by atoms with Crippen LogP contribution in [0, 0.1) is 0 Å². The molecule has 39 heavy (non-hydrogen) atoms. The molecule has 2 aromatic carbocycles. The second kappa shape index (κ2) is 12.4. The number of benzene rings is 2. The smallest absolute Gasteiger partial charge is 0.251 e. The summed E-state index contributed by atoms with van der Waals surface area (Å²) in [5.41, 5.74) is 4.29. The van der Waals surface area contributed by atoms with Gasteiger partial charge in [0.25, 0.3) is 5.91 Å². The van der Waals surface area contributed by atoms with Gasteiger partial charge in [0.2, 0.25) is 5.88 Å². The van der Waals surface area contributed by atoms with Crippen LogP contribution in [0.2, 0.25) is 0 Å². The number of rotatable bonds is 10. The Balaban J connectivity index is 1.59. The molecule has 4 N–H and O–H groups in total. The van der Waals surface area contributed by atoms with Gasteiger partial charge in [0, 0.05) is 29.4 Å². The Morgan fingerprint density at radius 3 is 2.62 bits per heavy atom. The molecule has 0 spiro atoms. The number of carbonyl (C=O) groups is 1. The molecule has 0 unspecified atom stereocenters. The molecule has 0 atom stereocenters. The normalized spacial score (nSPS) is 16.4. The molecular weight excluding hydrogens is 492 g/mol. The number of phenolic OH excluding ortho intramolecular Hbond substituents is 1. The number of ether oxygens (including phenoxy) is 1. The monoisotopic (exact) mass is 532 g/mol. The van der Waals surface area contributed by atoms with E-state index < -0.39 is 0 Å². The van der Waals surface area contributed by atoms with E-state index in [0.29, 0.717) is 41.3 Å². The van der Waals surface area contributed by atoms with E-state index in [1.54, 1.807) is 19.2 Å². The average molecular weight is 533 g/mol. The van der Waals surface area contributed by atoms with Crippen molar-refractivity contribution in [2.75, 3.05) is 40.8 Å². The topological polar surface area (TPSA) is 115 Å². The number of H-pyrrole nitrogens is 1. The molecule has 0 saturated carbocycles. The zero-order valence-corrected chi connectivity index (χ0v) is 23.6. The van der Waals surface area contributed by atoms with Gasteiger partial charge in [0.15, 0.2) is 0 Å². The first-order chi connectivity index (χ1) is 18.8. The highest BCUT2D eigenvalue weighted by Crippen LogP contribution is 2.34.